The molecule has 2 aliphatic carbocycles. The van der Waals surface area contributed by atoms with Crippen molar-refractivity contribution in [1.29, 1.82) is 5.26 Å². The van der Waals surface area contributed by atoms with E-state index in [2.05, 4.69) is 121 Å². The Hall–Kier alpha value is -5.70. The SMILES string of the molecule is N#Cc1ccc2c(c1)C1(CCCCC1)c1cccc(-c3nc(-c4ccc5ccccc5c4)nc(-c4ccc5c(c4)sc4ccccc45)n3)c1-2. The largest absolute Gasteiger partial charge is 0.208 e. The number of nitrogens with zero attached hydrogens (tertiary/aromatic N) is 4. The lowest BCUT2D eigenvalue weighted by Crippen LogP contribution is -2.28. The van der Waals surface area contributed by atoms with Crippen LogP contribution in [0.1, 0.15) is 48.8 Å². The predicted molar refractivity (Wildman–Crippen MR) is 201 cm³/mol. The first-order valence-corrected chi connectivity index (χ1v) is 17.9. The van der Waals surface area contributed by atoms with Crippen LogP contribution in [0.15, 0.2) is 121 Å². The van der Waals surface area contributed by atoms with E-state index in [0.717, 1.165) is 40.5 Å². The highest BCUT2D eigenvalue weighted by Crippen LogP contribution is 2.58. The second-order valence-electron chi connectivity index (χ2n) is 13.4. The van der Waals surface area contributed by atoms with Gasteiger partial charge in [0.1, 0.15) is 0 Å². The summed E-state index contributed by atoms with van der Waals surface area (Å²) in [6.45, 7) is 0. The fourth-order valence-electron chi connectivity index (χ4n) is 8.44. The molecule has 232 valence electrons. The van der Waals surface area contributed by atoms with Crippen molar-refractivity contribution >= 4 is 42.3 Å². The molecule has 0 amide bonds. The van der Waals surface area contributed by atoms with Gasteiger partial charge in [-0.25, -0.2) is 15.0 Å². The van der Waals surface area contributed by atoms with Gasteiger partial charge in [0.2, 0.25) is 0 Å². The maximum atomic E-state index is 9.88. The Morgan fingerprint density at radius 2 is 1.29 bits per heavy atom. The summed E-state index contributed by atoms with van der Waals surface area (Å²) in [6, 6.07) is 45.3. The number of aromatic nitrogens is 3. The smallest absolute Gasteiger partial charge is 0.164 e. The quantitative estimate of drug-likeness (QED) is 0.192. The molecule has 10 rings (SSSR count). The van der Waals surface area contributed by atoms with Crippen LogP contribution in [0.3, 0.4) is 0 Å². The molecule has 2 aliphatic rings. The van der Waals surface area contributed by atoms with Crippen LogP contribution < -0.4 is 0 Å². The second-order valence-corrected chi connectivity index (χ2v) is 14.5. The van der Waals surface area contributed by atoms with E-state index < -0.39 is 0 Å². The molecule has 2 aromatic heterocycles. The Bertz CT molecular complexity index is 2670. The van der Waals surface area contributed by atoms with E-state index in [1.54, 1.807) is 11.3 Å². The molecule has 0 atom stereocenters. The van der Waals surface area contributed by atoms with Gasteiger partial charge in [-0.3, -0.25) is 0 Å². The number of thiophene rings is 1. The van der Waals surface area contributed by atoms with Crippen LogP contribution in [0.4, 0.5) is 0 Å². The monoisotopic (exact) mass is 646 g/mol. The number of hydrogen-bond donors (Lipinski definition) is 0. The van der Waals surface area contributed by atoms with Crippen LogP contribution in [0, 0.1) is 11.3 Å². The van der Waals surface area contributed by atoms with Crippen molar-refractivity contribution in [1.82, 2.24) is 15.0 Å². The van der Waals surface area contributed by atoms with Crippen molar-refractivity contribution in [3.05, 3.63) is 138 Å². The zero-order chi connectivity index (χ0) is 32.5. The highest BCUT2D eigenvalue weighted by molar-refractivity contribution is 7.25. The lowest BCUT2D eigenvalue weighted by atomic mass is 9.67. The molecule has 0 saturated heterocycles. The molecule has 8 aromatic rings. The highest BCUT2D eigenvalue weighted by atomic mass is 32.1. The lowest BCUT2D eigenvalue weighted by molar-refractivity contribution is 0.353. The molecule has 0 bridgehead atoms. The molecule has 0 unspecified atom stereocenters. The van der Waals surface area contributed by atoms with Gasteiger partial charge in [0.15, 0.2) is 17.5 Å². The molecule has 0 N–H and O–H groups in total. The molecule has 2 heterocycles. The third-order valence-corrected chi connectivity index (χ3v) is 11.9. The average Bonchev–Trinajstić information content (AvgIpc) is 3.67. The van der Waals surface area contributed by atoms with E-state index in [-0.39, 0.29) is 5.41 Å². The topological polar surface area (TPSA) is 62.5 Å². The summed E-state index contributed by atoms with van der Waals surface area (Å²) in [5, 5.41) is 14.7. The average molecular weight is 647 g/mol. The fourth-order valence-corrected chi connectivity index (χ4v) is 9.59. The minimum absolute atomic E-state index is 0.0883. The van der Waals surface area contributed by atoms with Crippen molar-refractivity contribution in [3.63, 3.8) is 0 Å². The van der Waals surface area contributed by atoms with Gasteiger partial charge in [-0.1, -0.05) is 110 Å². The second kappa shape index (κ2) is 10.9. The molecular formula is C44H30N4S. The number of rotatable bonds is 3. The van der Waals surface area contributed by atoms with Gasteiger partial charge >= 0.3 is 0 Å². The molecule has 1 spiro atoms. The van der Waals surface area contributed by atoms with Crippen LogP contribution in [-0.4, -0.2) is 15.0 Å². The molecule has 6 aromatic carbocycles. The van der Waals surface area contributed by atoms with Crippen molar-refractivity contribution in [2.45, 2.75) is 37.5 Å². The van der Waals surface area contributed by atoms with Gasteiger partial charge < -0.3 is 0 Å². The first kappa shape index (κ1) is 28.3. The van der Waals surface area contributed by atoms with E-state index in [1.165, 1.54) is 67.1 Å². The number of fused-ring (bicyclic) bond motifs is 9. The molecule has 0 radical (unpaired) electrons. The molecular weight excluding hydrogens is 617 g/mol. The zero-order valence-corrected chi connectivity index (χ0v) is 27.6. The van der Waals surface area contributed by atoms with E-state index in [1.807, 2.05) is 6.07 Å². The minimum atomic E-state index is -0.0883. The van der Waals surface area contributed by atoms with E-state index >= 15 is 0 Å². The summed E-state index contributed by atoms with van der Waals surface area (Å²) in [5.74, 6) is 1.99. The van der Waals surface area contributed by atoms with Gasteiger partial charge in [0.05, 0.1) is 11.6 Å². The summed E-state index contributed by atoms with van der Waals surface area (Å²) in [7, 11) is 0. The Balaban J connectivity index is 1.22. The number of nitriles is 1. The Kier molecular flexibility index (Phi) is 6.31. The molecule has 1 fully saturated rings. The maximum Gasteiger partial charge on any atom is 0.164 e. The van der Waals surface area contributed by atoms with Crippen molar-refractivity contribution < 1.29 is 0 Å². The van der Waals surface area contributed by atoms with E-state index in [4.69, 9.17) is 15.0 Å². The van der Waals surface area contributed by atoms with Gasteiger partial charge in [0, 0.05) is 42.3 Å². The normalized spacial score (nSPS) is 14.7. The Morgan fingerprint density at radius 3 is 2.14 bits per heavy atom. The zero-order valence-electron chi connectivity index (χ0n) is 26.8. The number of hydrogen-bond acceptors (Lipinski definition) is 5. The molecule has 1 saturated carbocycles. The van der Waals surface area contributed by atoms with E-state index in [0.29, 0.717) is 17.5 Å². The summed E-state index contributed by atoms with van der Waals surface area (Å²) >= 11 is 1.80. The fraction of sp³-hybridized carbons (Fsp3) is 0.136. The first-order chi connectivity index (χ1) is 24.2. The Morgan fingerprint density at radius 1 is 0.551 bits per heavy atom. The minimum Gasteiger partial charge on any atom is -0.208 e. The van der Waals surface area contributed by atoms with Crippen molar-refractivity contribution in [2.75, 3.05) is 0 Å². The van der Waals surface area contributed by atoms with Crippen LogP contribution in [0.2, 0.25) is 0 Å². The van der Waals surface area contributed by atoms with Crippen LogP contribution >= 0.6 is 11.3 Å². The summed E-state index contributed by atoms with van der Waals surface area (Å²) in [6.07, 6.45) is 5.79. The third-order valence-electron chi connectivity index (χ3n) is 10.7. The van der Waals surface area contributed by atoms with Gasteiger partial charge in [-0.15, -0.1) is 11.3 Å². The molecule has 5 heteroatoms. The maximum absolute atomic E-state index is 9.88. The predicted octanol–water partition coefficient (Wildman–Crippen LogP) is 11.5. The lowest BCUT2D eigenvalue weighted by Gasteiger charge is -2.36. The van der Waals surface area contributed by atoms with Crippen LogP contribution in [0.5, 0.6) is 0 Å². The standard InChI is InChI=1S/C44H30N4S/c45-26-27-15-19-34-37(23-27)44(21-6-1-7-22-44)36-13-8-12-35(40(34)36)43-47-41(30-17-16-28-9-2-3-10-29(28)24-30)46-42(48-43)31-18-20-33-32-11-4-5-14-38(32)49-39(33)25-31/h2-5,8-20,23-25H,1,6-7,21-22H2. The van der Waals surface area contributed by atoms with Gasteiger partial charge in [-0.2, -0.15) is 5.26 Å². The Labute approximate surface area is 288 Å². The van der Waals surface area contributed by atoms with Crippen molar-refractivity contribution in [2.24, 2.45) is 0 Å². The van der Waals surface area contributed by atoms with E-state index in [9.17, 15) is 5.26 Å². The van der Waals surface area contributed by atoms with Gasteiger partial charge in [-0.05, 0) is 76.2 Å². The van der Waals surface area contributed by atoms with Crippen LogP contribution in [0.25, 0.3) is 76.2 Å². The summed E-state index contributed by atoms with van der Waals surface area (Å²) in [4.78, 5) is 15.7. The third kappa shape index (κ3) is 4.38. The highest BCUT2D eigenvalue weighted by Gasteiger charge is 2.45. The van der Waals surface area contributed by atoms with Crippen LogP contribution in [-0.2, 0) is 5.41 Å². The summed E-state index contributed by atoms with van der Waals surface area (Å²) in [5.41, 5.74) is 8.61. The summed E-state index contributed by atoms with van der Waals surface area (Å²) < 4.78 is 2.49. The molecule has 49 heavy (non-hydrogen) atoms. The first-order valence-electron chi connectivity index (χ1n) is 17.0. The molecule has 4 nitrogen and oxygen atoms in total. The van der Waals surface area contributed by atoms with Crippen molar-refractivity contribution in [3.8, 4) is 51.4 Å². The molecule has 0 aliphatic heterocycles. The van der Waals surface area contributed by atoms with Gasteiger partial charge in [0.25, 0.3) is 0 Å². The number of benzene rings is 6.